The second-order valence-electron chi connectivity index (χ2n) is 4.19. The van der Waals surface area contributed by atoms with Gasteiger partial charge in [0.05, 0.1) is 0 Å². The first-order valence-electron chi connectivity index (χ1n) is 5.71. The zero-order valence-corrected chi connectivity index (χ0v) is 9.17. The molecule has 88 valence electrons. The number of phenols is 1. The Hall–Kier alpha value is -1.29. The number of nitrogens with one attached hydrogen (secondary N) is 2. The fourth-order valence-electron chi connectivity index (χ4n) is 1.96. The van der Waals surface area contributed by atoms with Crippen LogP contribution in [0.25, 0.3) is 0 Å². The van der Waals surface area contributed by atoms with Crippen LogP contribution in [0.5, 0.6) is 5.75 Å². The van der Waals surface area contributed by atoms with Gasteiger partial charge in [0.25, 0.3) is 0 Å². The summed E-state index contributed by atoms with van der Waals surface area (Å²) >= 11 is 0. The molecule has 1 aliphatic rings. The molecule has 0 spiro atoms. The fourth-order valence-corrected chi connectivity index (χ4v) is 1.96. The van der Waals surface area contributed by atoms with Crippen molar-refractivity contribution in [2.45, 2.75) is 25.3 Å². The second-order valence-corrected chi connectivity index (χ2v) is 4.19. The van der Waals surface area contributed by atoms with Crippen LogP contribution in [0.15, 0.2) is 18.2 Å². The highest BCUT2D eigenvalue weighted by molar-refractivity contribution is 5.46. The number of hydrogen-bond acceptors (Lipinski definition) is 3. The highest BCUT2D eigenvalue weighted by atomic mass is 19.1. The van der Waals surface area contributed by atoms with E-state index >= 15 is 0 Å². The molecule has 1 fully saturated rings. The van der Waals surface area contributed by atoms with Crippen molar-refractivity contribution < 1.29 is 9.50 Å². The zero-order valence-electron chi connectivity index (χ0n) is 9.17. The van der Waals surface area contributed by atoms with E-state index in [1.165, 1.54) is 25.0 Å². The van der Waals surface area contributed by atoms with E-state index in [0.29, 0.717) is 11.7 Å². The van der Waals surface area contributed by atoms with E-state index in [1.807, 2.05) is 0 Å². The molecule has 1 aromatic carbocycles. The summed E-state index contributed by atoms with van der Waals surface area (Å²) in [5.74, 6) is -0.886. The van der Waals surface area contributed by atoms with E-state index in [1.54, 1.807) is 6.07 Å². The predicted octanol–water partition coefficient (Wildman–Crippen LogP) is 2.09. The molecule has 1 aliphatic heterocycles. The molecule has 1 aromatic rings. The van der Waals surface area contributed by atoms with Crippen LogP contribution in [0.2, 0.25) is 0 Å². The van der Waals surface area contributed by atoms with E-state index in [2.05, 4.69) is 10.6 Å². The first-order chi connectivity index (χ1) is 7.75. The lowest BCUT2D eigenvalue weighted by atomic mass is 10.1. The summed E-state index contributed by atoms with van der Waals surface area (Å²) < 4.78 is 13.0. The summed E-state index contributed by atoms with van der Waals surface area (Å²) in [5, 5.41) is 15.6. The van der Waals surface area contributed by atoms with Crippen molar-refractivity contribution in [3.05, 3.63) is 24.0 Å². The Morgan fingerprint density at radius 3 is 3.00 bits per heavy atom. The number of benzene rings is 1. The van der Waals surface area contributed by atoms with Gasteiger partial charge in [-0.15, -0.1) is 0 Å². The van der Waals surface area contributed by atoms with Crippen molar-refractivity contribution in [1.82, 2.24) is 5.32 Å². The topological polar surface area (TPSA) is 44.3 Å². The van der Waals surface area contributed by atoms with Crippen molar-refractivity contribution in [3.63, 3.8) is 0 Å². The van der Waals surface area contributed by atoms with Crippen LogP contribution in [-0.4, -0.2) is 24.2 Å². The minimum absolute atomic E-state index is 0.304. The highest BCUT2D eigenvalue weighted by Crippen LogP contribution is 2.19. The number of anilines is 1. The minimum atomic E-state index is -0.582. The van der Waals surface area contributed by atoms with Gasteiger partial charge < -0.3 is 15.7 Å². The van der Waals surface area contributed by atoms with E-state index in [4.69, 9.17) is 5.11 Å². The average molecular weight is 224 g/mol. The van der Waals surface area contributed by atoms with Gasteiger partial charge in [-0.3, -0.25) is 0 Å². The van der Waals surface area contributed by atoms with E-state index in [-0.39, 0.29) is 5.75 Å². The molecule has 0 bridgehead atoms. The van der Waals surface area contributed by atoms with E-state index in [9.17, 15) is 4.39 Å². The standard InChI is InChI=1S/C12H17FN2O/c13-11-7-9(4-5-12(11)16)15-8-10-3-1-2-6-14-10/h4-5,7,10,14-16H,1-3,6,8H2. The Bertz CT molecular complexity index is 351. The molecule has 1 heterocycles. The Morgan fingerprint density at radius 1 is 1.44 bits per heavy atom. The molecule has 1 saturated heterocycles. The number of aromatic hydroxyl groups is 1. The lowest BCUT2D eigenvalue weighted by molar-refractivity contribution is 0.414. The van der Waals surface area contributed by atoms with Crippen LogP contribution in [0.3, 0.4) is 0 Å². The van der Waals surface area contributed by atoms with Crippen LogP contribution in [0, 0.1) is 5.82 Å². The van der Waals surface area contributed by atoms with Gasteiger partial charge in [-0.05, 0) is 31.5 Å². The lowest BCUT2D eigenvalue weighted by Crippen LogP contribution is -2.39. The van der Waals surface area contributed by atoms with Gasteiger partial charge >= 0.3 is 0 Å². The molecule has 3 N–H and O–H groups in total. The Morgan fingerprint density at radius 2 is 2.31 bits per heavy atom. The fraction of sp³-hybridized carbons (Fsp3) is 0.500. The first kappa shape index (κ1) is 11.2. The molecule has 2 rings (SSSR count). The van der Waals surface area contributed by atoms with Gasteiger partial charge in [-0.2, -0.15) is 0 Å². The minimum Gasteiger partial charge on any atom is -0.505 e. The largest absolute Gasteiger partial charge is 0.505 e. The molecule has 4 heteroatoms. The molecule has 16 heavy (non-hydrogen) atoms. The van der Waals surface area contributed by atoms with E-state index < -0.39 is 5.82 Å². The molecule has 0 saturated carbocycles. The summed E-state index contributed by atoms with van der Waals surface area (Å²) in [6, 6.07) is 4.83. The maximum Gasteiger partial charge on any atom is 0.166 e. The van der Waals surface area contributed by atoms with Crippen molar-refractivity contribution in [2.75, 3.05) is 18.4 Å². The molecule has 0 aromatic heterocycles. The van der Waals surface area contributed by atoms with Gasteiger partial charge in [-0.1, -0.05) is 6.42 Å². The van der Waals surface area contributed by atoms with Crippen LogP contribution in [0.4, 0.5) is 10.1 Å². The Kier molecular flexibility index (Phi) is 3.62. The normalized spacial score (nSPS) is 20.7. The summed E-state index contributed by atoms with van der Waals surface area (Å²) in [6.45, 7) is 1.86. The zero-order chi connectivity index (χ0) is 11.4. The number of halogens is 1. The predicted molar refractivity (Wildman–Crippen MR) is 62.2 cm³/mol. The summed E-state index contributed by atoms with van der Waals surface area (Å²) in [7, 11) is 0. The monoisotopic (exact) mass is 224 g/mol. The SMILES string of the molecule is Oc1ccc(NCC2CCCCN2)cc1F. The van der Waals surface area contributed by atoms with Gasteiger partial charge in [0.2, 0.25) is 0 Å². The number of phenolic OH excluding ortho intramolecular Hbond substituents is 1. The van der Waals surface area contributed by atoms with Gasteiger partial charge in [0.15, 0.2) is 11.6 Å². The lowest BCUT2D eigenvalue weighted by Gasteiger charge is -2.24. The maximum atomic E-state index is 13.0. The van der Waals surface area contributed by atoms with Crippen molar-refractivity contribution in [2.24, 2.45) is 0 Å². The third-order valence-corrected chi connectivity index (χ3v) is 2.91. The molecule has 1 atom stereocenters. The van der Waals surface area contributed by atoms with E-state index in [0.717, 1.165) is 19.5 Å². The molecule has 0 radical (unpaired) electrons. The third kappa shape index (κ3) is 2.85. The number of hydrogen-bond donors (Lipinski definition) is 3. The average Bonchev–Trinajstić information content (AvgIpc) is 2.32. The van der Waals surface area contributed by atoms with Crippen molar-refractivity contribution in [1.29, 1.82) is 0 Å². The van der Waals surface area contributed by atoms with Gasteiger partial charge in [-0.25, -0.2) is 4.39 Å². The first-order valence-corrected chi connectivity index (χ1v) is 5.71. The van der Waals surface area contributed by atoms with Crippen LogP contribution >= 0.6 is 0 Å². The second kappa shape index (κ2) is 5.16. The summed E-state index contributed by atoms with van der Waals surface area (Å²) in [4.78, 5) is 0. The molecule has 0 amide bonds. The number of rotatable bonds is 3. The quantitative estimate of drug-likeness (QED) is 0.689. The van der Waals surface area contributed by atoms with Crippen LogP contribution < -0.4 is 10.6 Å². The molecular weight excluding hydrogens is 207 g/mol. The molecule has 1 unspecified atom stereocenters. The molecule has 3 nitrogen and oxygen atoms in total. The number of piperidine rings is 1. The van der Waals surface area contributed by atoms with Crippen LogP contribution in [0.1, 0.15) is 19.3 Å². The van der Waals surface area contributed by atoms with Gasteiger partial charge in [0.1, 0.15) is 0 Å². The summed E-state index contributed by atoms with van der Waals surface area (Å²) in [6.07, 6.45) is 3.65. The van der Waals surface area contributed by atoms with Crippen molar-refractivity contribution >= 4 is 5.69 Å². The molecule has 0 aliphatic carbocycles. The third-order valence-electron chi connectivity index (χ3n) is 2.91. The van der Waals surface area contributed by atoms with Gasteiger partial charge in [0, 0.05) is 24.3 Å². The Labute approximate surface area is 94.7 Å². The van der Waals surface area contributed by atoms with Crippen molar-refractivity contribution in [3.8, 4) is 5.75 Å². The maximum absolute atomic E-state index is 13.0. The molecular formula is C12H17FN2O. The smallest absolute Gasteiger partial charge is 0.166 e. The highest BCUT2D eigenvalue weighted by Gasteiger charge is 2.12. The van der Waals surface area contributed by atoms with Crippen LogP contribution in [-0.2, 0) is 0 Å². The Balaban J connectivity index is 1.86. The summed E-state index contributed by atoms with van der Waals surface area (Å²) in [5.41, 5.74) is 0.711.